The Labute approximate surface area is 121 Å². The number of para-hydroxylation sites is 1. The standard InChI is InChI=1S/C17H23N3/c1-3-14-8-6-7-13(2)16(14)19-17-18-11-12-20(17)15-9-4-5-10-15/h6-8,11-12,15H,3-5,9-10H2,1-2H3,(H,18,19). The van der Waals surface area contributed by atoms with Gasteiger partial charge in [0.05, 0.1) is 0 Å². The number of nitrogens with zero attached hydrogens (tertiary/aromatic N) is 2. The average Bonchev–Trinajstić information content (AvgIpc) is 3.11. The Bertz CT molecular complexity index is 580. The van der Waals surface area contributed by atoms with Gasteiger partial charge in [0.2, 0.25) is 5.95 Å². The maximum atomic E-state index is 4.52. The Morgan fingerprint density at radius 2 is 2.10 bits per heavy atom. The number of imidazole rings is 1. The molecule has 20 heavy (non-hydrogen) atoms. The Kier molecular flexibility index (Phi) is 3.77. The Hall–Kier alpha value is -1.77. The molecule has 1 fully saturated rings. The Morgan fingerprint density at radius 1 is 1.30 bits per heavy atom. The molecule has 1 aromatic carbocycles. The third-order valence-corrected chi connectivity index (χ3v) is 4.36. The van der Waals surface area contributed by atoms with E-state index in [9.17, 15) is 0 Å². The third-order valence-electron chi connectivity index (χ3n) is 4.36. The van der Waals surface area contributed by atoms with Gasteiger partial charge in [-0.15, -0.1) is 0 Å². The molecule has 0 bridgehead atoms. The van der Waals surface area contributed by atoms with Crippen molar-refractivity contribution in [3.8, 4) is 0 Å². The molecular weight excluding hydrogens is 246 g/mol. The fraction of sp³-hybridized carbons (Fsp3) is 0.471. The Balaban J connectivity index is 1.90. The summed E-state index contributed by atoms with van der Waals surface area (Å²) in [6.45, 7) is 4.35. The van der Waals surface area contributed by atoms with Crippen LogP contribution in [-0.4, -0.2) is 9.55 Å². The second kappa shape index (κ2) is 5.70. The molecule has 0 amide bonds. The molecule has 3 heteroatoms. The van der Waals surface area contributed by atoms with Crippen molar-refractivity contribution < 1.29 is 0 Å². The minimum Gasteiger partial charge on any atom is -0.325 e. The van der Waals surface area contributed by atoms with Gasteiger partial charge in [0, 0.05) is 24.1 Å². The molecule has 0 spiro atoms. The smallest absolute Gasteiger partial charge is 0.207 e. The molecule has 0 saturated heterocycles. The van der Waals surface area contributed by atoms with E-state index in [1.54, 1.807) is 0 Å². The van der Waals surface area contributed by atoms with Crippen molar-refractivity contribution in [3.05, 3.63) is 41.7 Å². The van der Waals surface area contributed by atoms with Crippen LogP contribution < -0.4 is 5.32 Å². The monoisotopic (exact) mass is 269 g/mol. The number of hydrogen-bond acceptors (Lipinski definition) is 2. The van der Waals surface area contributed by atoms with Gasteiger partial charge in [0.15, 0.2) is 0 Å². The maximum absolute atomic E-state index is 4.52. The quantitative estimate of drug-likeness (QED) is 0.878. The highest BCUT2D eigenvalue weighted by atomic mass is 15.2. The molecule has 0 radical (unpaired) electrons. The normalized spacial score (nSPS) is 15.7. The summed E-state index contributed by atoms with van der Waals surface area (Å²) in [7, 11) is 0. The van der Waals surface area contributed by atoms with Gasteiger partial charge in [-0.1, -0.05) is 38.0 Å². The van der Waals surface area contributed by atoms with E-state index in [4.69, 9.17) is 0 Å². The summed E-state index contributed by atoms with van der Waals surface area (Å²) in [4.78, 5) is 4.52. The summed E-state index contributed by atoms with van der Waals surface area (Å²) in [6.07, 6.45) is 10.3. The van der Waals surface area contributed by atoms with Crippen LogP contribution in [0.1, 0.15) is 49.8 Å². The first-order valence-electron chi connectivity index (χ1n) is 7.68. The van der Waals surface area contributed by atoms with E-state index < -0.39 is 0 Å². The molecule has 1 saturated carbocycles. The van der Waals surface area contributed by atoms with Crippen LogP contribution in [0.2, 0.25) is 0 Å². The maximum Gasteiger partial charge on any atom is 0.207 e. The minimum absolute atomic E-state index is 0.620. The van der Waals surface area contributed by atoms with Crippen molar-refractivity contribution in [1.82, 2.24) is 9.55 Å². The van der Waals surface area contributed by atoms with Crippen molar-refractivity contribution in [1.29, 1.82) is 0 Å². The van der Waals surface area contributed by atoms with E-state index in [1.165, 1.54) is 42.5 Å². The number of aromatic nitrogens is 2. The second-order valence-electron chi connectivity index (χ2n) is 5.68. The zero-order valence-corrected chi connectivity index (χ0v) is 12.4. The van der Waals surface area contributed by atoms with Gasteiger partial charge in [-0.25, -0.2) is 4.98 Å². The summed E-state index contributed by atoms with van der Waals surface area (Å²) >= 11 is 0. The molecule has 3 rings (SSSR count). The lowest BCUT2D eigenvalue weighted by Crippen LogP contribution is -2.09. The molecule has 0 atom stereocenters. The van der Waals surface area contributed by atoms with Crippen LogP contribution in [0.4, 0.5) is 11.6 Å². The van der Waals surface area contributed by atoms with Crippen LogP contribution in [0.15, 0.2) is 30.6 Å². The van der Waals surface area contributed by atoms with Crippen LogP contribution in [0.3, 0.4) is 0 Å². The summed E-state index contributed by atoms with van der Waals surface area (Å²) in [5.74, 6) is 0.987. The number of aryl methyl sites for hydroxylation is 2. The van der Waals surface area contributed by atoms with Crippen LogP contribution in [0.25, 0.3) is 0 Å². The van der Waals surface area contributed by atoms with Gasteiger partial charge in [-0.2, -0.15) is 0 Å². The SMILES string of the molecule is CCc1cccc(C)c1Nc1nccn1C1CCCC1. The highest BCUT2D eigenvalue weighted by Crippen LogP contribution is 2.33. The van der Waals surface area contributed by atoms with Gasteiger partial charge in [-0.3, -0.25) is 0 Å². The molecular formula is C17H23N3. The van der Waals surface area contributed by atoms with Crippen molar-refractivity contribution >= 4 is 11.6 Å². The third kappa shape index (κ3) is 2.45. The van der Waals surface area contributed by atoms with E-state index in [0.29, 0.717) is 6.04 Å². The highest BCUT2D eigenvalue weighted by molar-refractivity contribution is 5.63. The molecule has 1 N–H and O–H groups in total. The molecule has 3 nitrogen and oxygen atoms in total. The van der Waals surface area contributed by atoms with E-state index in [2.05, 4.69) is 53.1 Å². The molecule has 2 aromatic rings. The number of rotatable bonds is 4. The summed E-state index contributed by atoms with van der Waals surface area (Å²) in [5.41, 5.74) is 3.86. The molecule has 1 aliphatic carbocycles. The van der Waals surface area contributed by atoms with Crippen LogP contribution in [0.5, 0.6) is 0 Å². The molecule has 0 aliphatic heterocycles. The molecule has 1 aliphatic rings. The number of nitrogens with one attached hydrogen (secondary N) is 1. The highest BCUT2D eigenvalue weighted by Gasteiger charge is 2.19. The molecule has 1 heterocycles. The summed E-state index contributed by atoms with van der Waals surface area (Å²) < 4.78 is 2.32. The lowest BCUT2D eigenvalue weighted by molar-refractivity contribution is 0.525. The van der Waals surface area contributed by atoms with Crippen LogP contribution in [0, 0.1) is 6.92 Å². The van der Waals surface area contributed by atoms with Gasteiger partial charge in [0.1, 0.15) is 0 Å². The van der Waals surface area contributed by atoms with Crippen molar-refractivity contribution in [2.75, 3.05) is 5.32 Å². The fourth-order valence-corrected chi connectivity index (χ4v) is 3.20. The van der Waals surface area contributed by atoms with E-state index in [1.807, 2.05) is 6.20 Å². The van der Waals surface area contributed by atoms with Crippen LogP contribution in [-0.2, 0) is 6.42 Å². The molecule has 1 aromatic heterocycles. The second-order valence-corrected chi connectivity index (χ2v) is 5.68. The molecule has 0 unspecified atom stereocenters. The first-order chi connectivity index (χ1) is 9.79. The van der Waals surface area contributed by atoms with Gasteiger partial charge in [0.25, 0.3) is 0 Å². The minimum atomic E-state index is 0.620. The summed E-state index contributed by atoms with van der Waals surface area (Å²) in [6, 6.07) is 7.10. The van der Waals surface area contributed by atoms with E-state index in [0.717, 1.165) is 12.4 Å². The lowest BCUT2D eigenvalue weighted by atomic mass is 10.1. The average molecular weight is 269 g/mol. The van der Waals surface area contributed by atoms with E-state index >= 15 is 0 Å². The van der Waals surface area contributed by atoms with Gasteiger partial charge in [-0.05, 0) is 37.3 Å². The Morgan fingerprint density at radius 3 is 2.85 bits per heavy atom. The summed E-state index contributed by atoms with van der Waals surface area (Å²) in [5, 5.41) is 3.57. The van der Waals surface area contributed by atoms with Crippen molar-refractivity contribution in [2.45, 2.75) is 52.0 Å². The molecule has 106 valence electrons. The lowest BCUT2D eigenvalue weighted by Gasteiger charge is -2.18. The fourth-order valence-electron chi connectivity index (χ4n) is 3.20. The zero-order chi connectivity index (χ0) is 13.9. The number of benzene rings is 1. The topological polar surface area (TPSA) is 29.9 Å². The number of anilines is 2. The predicted molar refractivity (Wildman–Crippen MR) is 83.6 cm³/mol. The zero-order valence-electron chi connectivity index (χ0n) is 12.4. The van der Waals surface area contributed by atoms with Crippen molar-refractivity contribution in [3.63, 3.8) is 0 Å². The van der Waals surface area contributed by atoms with Gasteiger partial charge >= 0.3 is 0 Å². The van der Waals surface area contributed by atoms with Gasteiger partial charge < -0.3 is 9.88 Å². The number of hydrogen-bond donors (Lipinski definition) is 1. The first kappa shape index (κ1) is 13.2. The predicted octanol–water partition coefficient (Wildman–Crippen LogP) is 4.61. The largest absolute Gasteiger partial charge is 0.325 e. The first-order valence-corrected chi connectivity index (χ1v) is 7.68. The van der Waals surface area contributed by atoms with Crippen molar-refractivity contribution in [2.24, 2.45) is 0 Å². The van der Waals surface area contributed by atoms with E-state index in [-0.39, 0.29) is 0 Å². The van der Waals surface area contributed by atoms with Crippen LogP contribution >= 0.6 is 0 Å².